The third kappa shape index (κ3) is 4.67. The number of likely N-dealkylation sites (tertiary alicyclic amines) is 1. The first-order valence-corrected chi connectivity index (χ1v) is 10.7. The molecule has 4 nitrogen and oxygen atoms in total. The van der Waals surface area contributed by atoms with E-state index in [4.69, 9.17) is 21.4 Å². The van der Waals surface area contributed by atoms with Crippen LogP contribution in [0, 0.1) is 5.92 Å². The Bertz CT molecular complexity index is 974. The summed E-state index contributed by atoms with van der Waals surface area (Å²) in [5, 5.41) is 9.89. The van der Waals surface area contributed by atoms with Crippen LogP contribution in [0.25, 0.3) is 11.6 Å². The summed E-state index contributed by atoms with van der Waals surface area (Å²) in [4.78, 5) is 13.3. The van der Waals surface area contributed by atoms with Crippen LogP contribution in [0.1, 0.15) is 23.6 Å². The molecule has 1 aliphatic carbocycles. The number of carbonyl (C=O) groups is 1. The predicted octanol–water partition coefficient (Wildman–Crippen LogP) is 4.78. The van der Waals surface area contributed by atoms with Gasteiger partial charge >= 0.3 is 5.97 Å². The van der Waals surface area contributed by atoms with Crippen LogP contribution >= 0.6 is 11.6 Å². The van der Waals surface area contributed by atoms with E-state index in [1.807, 2.05) is 36.4 Å². The molecule has 1 aliphatic heterocycles. The molecule has 2 aromatic rings. The van der Waals surface area contributed by atoms with Crippen LogP contribution in [0.15, 0.2) is 60.2 Å². The molecule has 5 heteroatoms. The number of hydrogen-bond acceptors (Lipinski definition) is 3. The molecule has 30 heavy (non-hydrogen) atoms. The summed E-state index contributed by atoms with van der Waals surface area (Å²) in [5.74, 6) is -0.950. The highest BCUT2D eigenvalue weighted by atomic mass is 35.5. The maximum atomic E-state index is 11.1. The second kappa shape index (κ2) is 9.17. The zero-order valence-corrected chi connectivity index (χ0v) is 17.8. The number of rotatable bonds is 7. The van der Waals surface area contributed by atoms with E-state index in [2.05, 4.69) is 36.1 Å². The lowest BCUT2D eigenvalue weighted by atomic mass is 9.83. The van der Waals surface area contributed by atoms with Crippen molar-refractivity contribution in [3.8, 4) is 0 Å². The Balaban J connectivity index is 1.45. The molecule has 1 fully saturated rings. The van der Waals surface area contributed by atoms with Gasteiger partial charge in [0.25, 0.3) is 0 Å². The number of nitrogens with zero attached hydrogens (tertiary/aromatic N) is 1. The lowest BCUT2D eigenvalue weighted by Crippen LogP contribution is -2.51. The molecule has 0 spiro atoms. The van der Waals surface area contributed by atoms with Crippen molar-refractivity contribution >= 4 is 29.2 Å². The Kier molecular flexibility index (Phi) is 6.38. The zero-order valence-electron chi connectivity index (χ0n) is 17.1. The van der Waals surface area contributed by atoms with Crippen molar-refractivity contribution in [3.63, 3.8) is 0 Å². The molecule has 1 atom stereocenters. The fraction of sp³-hybridized carbons (Fsp3) is 0.320. The summed E-state index contributed by atoms with van der Waals surface area (Å²) in [5.41, 5.74) is 6.18. The molecule has 0 aromatic heterocycles. The first-order valence-electron chi connectivity index (χ1n) is 10.3. The lowest BCUT2D eigenvalue weighted by Gasteiger charge is -2.40. The monoisotopic (exact) mass is 423 g/mol. The molecule has 2 aliphatic rings. The summed E-state index contributed by atoms with van der Waals surface area (Å²) < 4.78 is 6.30. The fourth-order valence-electron chi connectivity index (χ4n) is 4.21. The number of carboxylic acids is 1. The minimum atomic E-state index is -0.703. The molecule has 2 aromatic carbocycles. The van der Waals surface area contributed by atoms with E-state index < -0.39 is 5.97 Å². The Morgan fingerprint density at radius 2 is 1.93 bits per heavy atom. The molecular formula is C25H26ClNO3. The number of ether oxygens (including phenoxy) is 1. The van der Waals surface area contributed by atoms with Crippen molar-refractivity contribution < 1.29 is 14.6 Å². The SMILES string of the molecule is CC1=C(CN2CC(C(=O)O)C2)C(OCC=Cc2ccc(Cl)cc2)Cc2ccccc21. The van der Waals surface area contributed by atoms with Gasteiger partial charge in [0.15, 0.2) is 0 Å². The summed E-state index contributed by atoms with van der Waals surface area (Å²) in [6, 6.07) is 16.2. The van der Waals surface area contributed by atoms with Crippen LogP contribution in [-0.2, 0) is 16.0 Å². The van der Waals surface area contributed by atoms with E-state index in [9.17, 15) is 4.79 Å². The van der Waals surface area contributed by atoms with E-state index in [-0.39, 0.29) is 12.0 Å². The van der Waals surface area contributed by atoms with Gasteiger partial charge in [-0.05, 0) is 46.9 Å². The Labute approximate surface area is 182 Å². The van der Waals surface area contributed by atoms with Gasteiger partial charge in [-0.2, -0.15) is 0 Å². The van der Waals surface area contributed by atoms with Crippen LogP contribution in [0.5, 0.6) is 0 Å². The largest absolute Gasteiger partial charge is 0.481 e. The fourth-order valence-corrected chi connectivity index (χ4v) is 4.33. The molecule has 0 saturated carbocycles. The van der Waals surface area contributed by atoms with E-state index in [1.165, 1.54) is 22.3 Å². The van der Waals surface area contributed by atoms with Crippen molar-refractivity contribution in [1.82, 2.24) is 4.90 Å². The van der Waals surface area contributed by atoms with Crippen LogP contribution < -0.4 is 0 Å². The third-order valence-corrected chi connectivity index (χ3v) is 6.22. The number of allylic oxidation sites excluding steroid dienone is 1. The smallest absolute Gasteiger partial charge is 0.309 e. The van der Waals surface area contributed by atoms with E-state index in [1.54, 1.807) is 0 Å². The number of benzene rings is 2. The topological polar surface area (TPSA) is 49.8 Å². The van der Waals surface area contributed by atoms with Gasteiger partial charge in [0.2, 0.25) is 0 Å². The highest BCUT2D eigenvalue weighted by Gasteiger charge is 2.35. The summed E-state index contributed by atoms with van der Waals surface area (Å²) in [7, 11) is 0. The minimum absolute atomic E-state index is 0.00125. The van der Waals surface area contributed by atoms with Crippen LogP contribution in [0.2, 0.25) is 5.02 Å². The summed E-state index contributed by atoms with van der Waals surface area (Å²) in [6.07, 6.45) is 4.91. The van der Waals surface area contributed by atoms with Crippen LogP contribution in [0.4, 0.5) is 0 Å². The van der Waals surface area contributed by atoms with Crippen LogP contribution in [-0.4, -0.2) is 48.3 Å². The van der Waals surface area contributed by atoms with Gasteiger partial charge in [0, 0.05) is 31.1 Å². The van der Waals surface area contributed by atoms with Gasteiger partial charge in [0.05, 0.1) is 18.6 Å². The van der Waals surface area contributed by atoms with Gasteiger partial charge in [-0.1, -0.05) is 60.2 Å². The van der Waals surface area contributed by atoms with Gasteiger partial charge in [-0.25, -0.2) is 0 Å². The predicted molar refractivity (Wildman–Crippen MR) is 121 cm³/mol. The lowest BCUT2D eigenvalue weighted by molar-refractivity contribution is -0.147. The van der Waals surface area contributed by atoms with Crippen molar-refractivity contribution in [2.45, 2.75) is 19.4 Å². The molecule has 4 rings (SSSR count). The van der Waals surface area contributed by atoms with Gasteiger partial charge < -0.3 is 9.84 Å². The second-order valence-electron chi connectivity index (χ2n) is 8.02. The van der Waals surface area contributed by atoms with Gasteiger partial charge in [-0.15, -0.1) is 0 Å². The third-order valence-electron chi connectivity index (χ3n) is 5.97. The second-order valence-corrected chi connectivity index (χ2v) is 8.45. The van der Waals surface area contributed by atoms with Gasteiger partial charge in [0.1, 0.15) is 0 Å². The molecule has 0 bridgehead atoms. The first kappa shape index (κ1) is 20.9. The molecule has 1 heterocycles. The van der Waals surface area contributed by atoms with E-state index in [0.29, 0.717) is 19.7 Å². The molecule has 0 radical (unpaired) electrons. The molecule has 1 N–H and O–H groups in total. The average Bonchev–Trinajstić information content (AvgIpc) is 2.70. The Morgan fingerprint density at radius 1 is 1.20 bits per heavy atom. The number of fused-ring (bicyclic) bond motifs is 1. The standard InChI is InChI=1S/C25H26ClNO3/c1-17-22-7-3-2-6-19(22)13-24(23(17)16-27-14-20(15-27)25(28)29)30-12-4-5-18-8-10-21(26)11-9-18/h2-11,20,24H,12-16H2,1H3,(H,28,29). The number of aliphatic carboxylic acids is 1. The van der Waals surface area contributed by atoms with E-state index in [0.717, 1.165) is 23.6 Å². The molecule has 156 valence electrons. The molecule has 1 saturated heterocycles. The molecule has 0 amide bonds. The summed E-state index contributed by atoms with van der Waals surface area (Å²) >= 11 is 5.94. The quantitative estimate of drug-likeness (QED) is 0.696. The van der Waals surface area contributed by atoms with E-state index >= 15 is 0 Å². The van der Waals surface area contributed by atoms with Gasteiger partial charge in [-0.3, -0.25) is 9.69 Å². The highest BCUT2D eigenvalue weighted by Crippen LogP contribution is 2.34. The van der Waals surface area contributed by atoms with Crippen molar-refractivity contribution in [1.29, 1.82) is 0 Å². The normalized spacial score (nSPS) is 19.7. The average molecular weight is 424 g/mol. The first-order chi connectivity index (χ1) is 14.5. The number of carboxylic acid groups (broad SMARTS) is 1. The Hall–Kier alpha value is -2.40. The van der Waals surface area contributed by atoms with Crippen molar-refractivity contribution in [3.05, 3.63) is 81.9 Å². The molecular weight excluding hydrogens is 398 g/mol. The Morgan fingerprint density at radius 3 is 2.67 bits per heavy atom. The van der Waals surface area contributed by atoms with Crippen molar-refractivity contribution in [2.24, 2.45) is 5.92 Å². The van der Waals surface area contributed by atoms with Crippen molar-refractivity contribution in [2.75, 3.05) is 26.2 Å². The number of hydrogen-bond donors (Lipinski definition) is 1. The minimum Gasteiger partial charge on any atom is -0.481 e. The maximum Gasteiger partial charge on any atom is 0.309 e. The maximum absolute atomic E-state index is 11.1. The summed E-state index contributed by atoms with van der Waals surface area (Å²) in [6.45, 7) is 4.65. The highest BCUT2D eigenvalue weighted by molar-refractivity contribution is 6.30. The number of halogens is 1. The van der Waals surface area contributed by atoms with Crippen LogP contribution in [0.3, 0.4) is 0 Å². The zero-order chi connectivity index (χ0) is 21.1. The molecule has 1 unspecified atom stereocenters.